The Bertz CT molecular complexity index is 651. The van der Waals surface area contributed by atoms with Crippen LogP contribution >= 0.6 is 0 Å². The number of hydrogen-bond donors (Lipinski definition) is 3. The van der Waals surface area contributed by atoms with Crippen LogP contribution in [0.2, 0.25) is 0 Å². The molecule has 6 heteroatoms. The number of nitrogens with zero attached hydrogens (tertiary/aromatic N) is 1. The Morgan fingerprint density at radius 1 is 1.21 bits per heavy atom. The molecule has 2 aliphatic rings. The highest BCUT2D eigenvalue weighted by atomic mass is 16.5. The summed E-state index contributed by atoms with van der Waals surface area (Å²) in [5, 5.41) is 15.4. The van der Waals surface area contributed by atoms with Crippen molar-refractivity contribution in [3.05, 3.63) is 29.3 Å². The summed E-state index contributed by atoms with van der Waals surface area (Å²) in [5.74, 6) is 0.685. The Balaban J connectivity index is 1.63. The maximum Gasteiger partial charge on any atom is 0.319 e. The van der Waals surface area contributed by atoms with Crippen LogP contribution in [0.15, 0.2) is 18.2 Å². The molecule has 2 fully saturated rings. The first-order chi connectivity index (χ1) is 13.4. The van der Waals surface area contributed by atoms with E-state index in [0.29, 0.717) is 30.9 Å². The molecule has 0 unspecified atom stereocenters. The fourth-order valence-corrected chi connectivity index (χ4v) is 4.40. The molecule has 156 valence electrons. The highest BCUT2D eigenvalue weighted by molar-refractivity contribution is 5.91. The lowest BCUT2D eigenvalue weighted by Gasteiger charge is -2.34. The minimum Gasteiger partial charge on any atom is -0.396 e. The molecule has 0 bridgehead atoms. The van der Waals surface area contributed by atoms with Crippen LogP contribution in [0.3, 0.4) is 0 Å². The monoisotopic (exact) mass is 389 g/mol. The van der Waals surface area contributed by atoms with Crippen LogP contribution in [0, 0.1) is 0 Å². The highest BCUT2D eigenvalue weighted by Crippen LogP contribution is 2.32. The number of carbonyl (C=O) groups is 1. The van der Waals surface area contributed by atoms with Gasteiger partial charge in [0.1, 0.15) is 0 Å². The zero-order valence-corrected chi connectivity index (χ0v) is 17.6. The fourth-order valence-electron chi connectivity index (χ4n) is 4.40. The van der Waals surface area contributed by atoms with E-state index in [2.05, 4.69) is 61.4 Å². The number of nitrogens with one attached hydrogen (secondary N) is 2. The zero-order chi connectivity index (χ0) is 20.3. The van der Waals surface area contributed by atoms with Gasteiger partial charge in [-0.25, -0.2) is 4.79 Å². The van der Waals surface area contributed by atoms with Gasteiger partial charge in [0.2, 0.25) is 0 Å². The molecular weight excluding hydrogens is 354 g/mol. The molecule has 0 aromatic heterocycles. The van der Waals surface area contributed by atoms with Crippen molar-refractivity contribution in [3.63, 3.8) is 0 Å². The van der Waals surface area contributed by atoms with Crippen LogP contribution in [0.4, 0.5) is 10.5 Å². The summed E-state index contributed by atoms with van der Waals surface area (Å²) >= 11 is 0. The van der Waals surface area contributed by atoms with E-state index in [1.807, 2.05) is 0 Å². The zero-order valence-electron chi connectivity index (χ0n) is 17.6. The quantitative estimate of drug-likeness (QED) is 0.698. The summed E-state index contributed by atoms with van der Waals surface area (Å²) in [4.78, 5) is 15.2. The number of hydrogen-bond acceptors (Lipinski definition) is 4. The van der Waals surface area contributed by atoms with Crippen molar-refractivity contribution in [1.29, 1.82) is 0 Å². The second-order valence-electron chi connectivity index (χ2n) is 8.73. The van der Waals surface area contributed by atoms with E-state index in [0.717, 1.165) is 25.2 Å². The summed E-state index contributed by atoms with van der Waals surface area (Å²) in [5.41, 5.74) is 3.29. The van der Waals surface area contributed by atoms with E-state index < -0.39 is 0 Å². The summed E-state index contributed by atoms with van der Waals surface area (Å²) in [6.45, 7) is 11.1. The molecular formula is C22H35N3O3. The van der Waals surface area contributed by atoms with Crippen molar-refractivity contribution in [2.24, 2.45) is 0 Å². The number of ether oxygens (including phenoxy) is 1. The topological polar surface area (TPSA) is 73.8 Å². The van der Waals surface area contributed by atoms with Gasteiger partial charge in [0.05, 0.1) is 12.7 Å². The number of amides is 2. The lowest BCUT2D eigenvalue weighted by molar-refractivity contribution is -0.0566. The van der Waals surface area contributed by atoms with E-state index in [4.69, 9.17) is 9.84 Å². The fraction of sp³-hybridized carbons (Fsp3) is 0.682. The molecule has 0 spiro atoms. The van der Waals surface area contributed by atoms with Gasteiger partial charge in [-0.2, -0.15) is 0 Å². The highest BCUT2D eigenvalue weighted by Gasteiger charge is 2.37. The summed E-state index contributed by atoms with van der Waals surface area (Å²) in [6.07, 6.45) is 1.67. The number of morpholine rings is 1. The molecule has 2 aliphatic heterocycles. The minimum atomic E-state index is -0.132. The van der Waals surface area contributed by atoms with Crippen LogP contribution in [0.25, 0.3) is 0 Å². The first-order valence-electron chi connectivity index (χ1n) is 10.6. The molecule has 6 nitrogen and oxygen atoms in total. The first-order valence-corrected chi connectivity index (χ1v) is 10.6. The van der Waals surface area contributed by atoms with Crippen molar-refractivity contribution in [3.8, 4) is 0 Å². The van der Waals surface area contributed by atoms with Crippen LogP contribution < -0.4 is 10.6 Å². The lowest BCUT2D eigenvalue weighted by atomic mass is 9.93. The van der Waals surface area contributed by atoms with Gasteiger partial charge in [-0.05, 0) is 35.8 Å². The number of para-hydroxylation sites is 1. The van der Waals surface area contributed by atoms with Crippen LogP contribution in [-0.4, -0.2) is 60.5 Å². The second-order valence-corrected chi connectivity index (χ2v) is 8.73. The molecule has 3 atom stereocenters. The number of urea groups is 1. The summed E-state index contributed by atoms with van der Waals surface area (Å²) < 4.78 is 5.84. The molecule has 3 rings (SSSR count). The molecule has 0 saturated carbocycles. The van der Waals surface area contributed by atoms with Crippen LogP contribution in [-0.2, 0) is 4.74 Å². The molecule has 1 aromatic carbocycles. The average Bonchev–Trinajstić information content (AvgIpc) is 3.03. The van der Waals surface area contributed by atoms with Crippen molar-refractivity contribution >= 4 is 11.7 Å². The van der Waals surface area contributed by atoms with Gasteiger partial charge in [-0.1, -0.05) is 45.9 Å². The normalized spacial score (nSPS) is 25.2. The average molecular weight is 390 g/mol. The molecule has 0 aliphatic carbocycles. The maximum absolute atomic E-state index is 12.8. The molecule has 3 N–H and O–H groups in total. The Labute approximate surface area is 168 Å². The Hall–Kier alpha value is -1.63. The number of carbonyl (C=O) groups excluding carboxylic acids is 1. The first kappa shape index (κ1) is 21.1. The van der Waals surface area contributed by atoms with Crippen molar-refractivity contribution in [1.82, 2.24) is 10.2 Å². The van der Waals surface area contributed by atoms with E-state index >= 15 is 0 Å². The van der Waals surface area contributed by atoms with Crippen molar-refractivity contribution in [2.75, 3.05) is 31.6 Å². The number of fused-ring (bicyclic) bond motifs is 1. The van der Waals surface area contributed by atoms with Gasteiger partial charge < -0.3 is 20.5 Å². The number of benzene rings is 1. The Morgan fingerprint density at radius 2 is 1.89 bits per heavy atom. The smallest absolute Gasteiger partial charge is 0.319 e. The standard InChI is InChI=1S/C22H35N3O3/c1-14(2)19-6-5-7-20(15(3)4)21(19)24-22(27)23-16-10-17-13-28-18(8-9-26)12-25(17)11-16/h5-7,14-18,26H,8-13H2,1-4H3,(H2,23,24,27)/t16-,17-,18-/m0/s1. The van der Waals surface area contributed by atoms with E-state index in [1.54, 1.807) is 0 Å². The predicted octanol–water partition coefficient (Wildman–Crippen LogP) is 3.28. The number of rotatable bonds is 6. The minimum absolute atomic E-state index is 0.0975. The second kappa shape index (κ2) is 9.25. The Morgan fingerprint density at radius 3 is 2.50 bits per heavy atom. The van der Waals surface area contributed by atoms with Gasteiger partial charge in [0, 0.05) is 37.5 Å². The Kier molecular flexibility index (Phi) is 6.96. The number of aliphatic hydroxyl groups is 1. The molecule has 2 heterocycles. The number of aliphatic hydroxyl groups excluding tert-OH is 1. The van der Waals surface area contributed by atoms with E-state index in [9.17, 15) is 4.79 Å². The largest absolute Gasteiger partial charge is 0.396 e. The van der Waals surface area contributed by atoms with Crippen LogP contribution in [0.5, 0.6) is 0 Å². The summed E-state index contributed by atoms with van der Waals surface area (Å²) in [7, 11) is 0. The van der Waals surface area contributed by atoms with Crippen molar-refractivity contribution in [2.45, 2.75) is 70.6 Å². The third kappa shape index (κ3) is 4.85. The van der Waals surface area contributed by atoms with E-state index in [-0.39, 0.29) is 24.8 Å². The predicted molar refractivity (Wildman–Crippen MR) is 112 cm³/mol. The SMILES string of the molecule is CC(C)c1cccc(C(C)C)c1NC(=O)N[C@H]1C[C@H]2CO[C@@H](CCO)CN2C1. The van der Waals surface area contributed by atoms with Gasteiger partial charge in [0.25, 0.3) is 0 Å². The van der Waals surface area contributed by atoms with Gasteiger partial charge in [0.15, 0.2) is 0 Å². The molecule has 2 saturated heterocycles. The third-order valence-electron chi connectivity index (χ3n) is 5.89. The van der Waals surface area contributed by atoms with Crippen LogP contribution in [0.1, 0.15) is 63.5 Å². The van der Waals surface area contributed by atoms with Gasteiger partial charge in [-0.3, -0.25) is 4.90 Å². The third-order valence-corrected chi connectivity index (χ3v) is 5.89. The number of anilines is 1. The van der Waals surface area contributed by atoms with Gasteiger partial charge >= 0.3 is 6.03 Å². The van der Waals surface area contributed by atoms with Crippen molar-refractivity contribution < 1.29 is 14.6 Å². The van der Waals surface area contributed by atoms with E-state index in [1.165, 1.54) is 11.1 Å². The lowest BCUT2D eigenvalue weighted by Crippen LogP contribution is -2.46. The molecule has 2 amide bonds. The molecule has 28 heavy (non-hydrogen) atoms. The molecule has 0 radical (unpaired) electrons. The molecule has 1 aromatic rings. The maximum atomic E-state index is 12.8. The van der Waals surface area contributed by atoms with Gasteiger partial charge in [-0.15, -0.1) is 0 Å². The summed E-state index contributed by atoms with van der Waals surface area (Å²) in [6, 6.07) is 6.62.